The zero-order valence-corrected chi connectivity index (χ0v) is 29.1. The fraction of sp³-hybridized carbons (Fsp3) is 0.444. The first-order valence-electron chi connectivity index (χ1n) is 16.6. The van der Waals surface area contributed by atoms with Gasteiger partial charge in [-0.15, -0.1) is 0 Å². The number of hydrogen-bond donors (Lipinski definition) is 4. The molecule has 0 bridgehead atoms. The number of fused-ring (bicyclic) bond motifs is 5. The number of likely N-dealkylation sites (N-methyl/N-ethyl adjacent to an activating group) is 1. The Bertz CT molecular complexity index is 1970. The highest BCUT2D eigenvalue weighted by Gasteiger charge is 2.64. The van der Waals surface area contributed by atoms with E-state index in [1.165, 1.54) is 4.90 Å². The minimum atomic E-state index is -2.70. The maximum absolute atomic E-state index is 14.4. The van der Waals surface area contributed by atoms with Crippen molar-refractivity contribution in [3.05, 3.63) is 46.2 Å². The predicted octanol–water partition coefficient (Wildman–Crippen LogP) is 3.33. The molecular weight excluding hydrogens is 648 g/mol. The van der Waals surface area contributed by atoms with E-state index >= 15 is 0 Å². The lowest BCUT2D eigenvalue weighted by Crippen LogP contribution is -2.65. The molecule has 5 N–H and O–H groups in total. The second-order valence-corrected chi connectivity index (χ2v) is 13.1. The fourth-order valence-electron chi connectivity index (χ4n) is 7.75. The molecule has 3 aromatic rings. The number of rotatable bonds is 10. The number of hydrogen-bond acceptors (Lipinski definition) is 13. The summed E-state index contributed by atoms with van der Waals surface area (Å²) in [6.45, 7) is 6.62. The number of carbonyl (C=O) groups is 3. The first kappa shape index (κ1) is 34.8. The monoisotopic (exact) mass is 690 g/mol. The average molecular weight is 691 g/mol. The largest absolute Gasteiger partial charge is 0.508 e. The van der Waals surface area contributed by atoms with Crippen molar-refractivity contribution < 1.29 is 48.3 Å². The number of amides is 1. The summed E-state index contributed by atoms with van der Waals surface area (Å²) in [6, 6.07) is 4.13. The Hall–Kier alpha value is -5.08. The number of nitrogens with two attached hydrogens (primary N) is 1. The lowest BCUT2D eigenvalue weighted by molar-refractivity contribution is -0.153. The number of aromatic nitrogens is 1. The van der Waals surface area contributed by atoms with Gasteiger partial charge in [-0.3, -0.25) is 19.3 Å². The third kappa shape index (κ3) is 5.07. The molecule has 50 heavy (non-hydrogen) atoms. The standard InChI is InChI=1S/C36H42N4O10/c1-8-47-17-13-22(48-9-2)26(23(14-17)49-10-3)35-38-20-15-21(39(4)5)18-11-16-12-19-28(40(6)7)30(42)27(34(37)45)33(44)36(19,46)32(43)24(16)29(41)25(18)31(20)50-35/h13-16,19,28,41,44,46H,8-12H2,1-7H3,(H2,37,45)/t16?,19?,28-,36-/m0/s1. The van der Waals surface area contributed by atoms with E-state index in [0.717, 1.165) is 0 Å². The summed E-state index contributed by atoms with van der Waals surface area (Å²) in [5.41, 5.74) is 4.31. The molecule has 0 radical (unpaired) electrons. The zero-order chi connectivity index (χ0) is 36.4. The van der Waals surface area contributed by atoms with Gasteiger partial charge in [-0.1, -0.05) is 0 Å². The van der Waals surface area contributed by atoms with Gasteiger partial charge in [0.15, 0.2) is 17.0 Å². The highest BCUT2D eigenvalue weighted by atomic mass is 16.5. The first-order chi connectivity index (χ1) is 23.7. The van der Waals surface area contributed by atoms with Crippen LogP contribution < -0.4 is 24.8 Å². The van der Waals surface area contributed by atoms with Crippen LogP contribution in [0.2, 0.25) is 0 Å². The van der Waals surface area contributed by atoms with Crippen molar-refractivity contribution in [1.29, 1.82) is 0 Å². The van der Waals surface area contributed by atoms with Crippen LogP contribution in [0.25, 0.3) is 28.3 Å². The highest BCUT2D eigenvalue weighted by molar-refractivity contribution is 6.24. The van der Waals surface area contributed by atoms with Crippen molar-refractivity contribution in [2.75, 3.05) is 52.9 Å². The molecule has 14 nitrogen and oxygen atoms in total. The molecule has 0 aliphatic heterocycles. The lowest BCUT2D eigenvalue weighted by Gasteiger charge is -2.50. The van der Waals surface area contributed by atoms with Gasteiger partial charge < -0.3 is 44.6 Å². The molecule has 2 aromatic carbocycles. The Balaban J connectivity index is 1.60. The van der Waals surface area contributed by atoms with Gasteiger partial charge in [-0.2, -0.15) is 0 Å². The molecule has 1 saturated carbocycles. The van der Waals surface area contributed by atoms with E-state index < -0.39 is 58.0 Å². The SMILES string of the molecule is CCOc1cc(OCC)c(-c2nc3cc(N(C)C)c4c(c3o2)C(O)=C2C(=O)[C@]3(O)C(O)=C(C(N)=O)C(=O)[C@@H](N(C)C)C3CC2C4)c(OCC)c1. The molecule has 1 heterocycles. The fourth-order valence-corrected chi connectivity index (χ4v) is 7.75. The van der Waals surface area contributed by atoms with Gasteiger partial charge in [0.05, 0.1) is 31.4 Å². The van der Waals surface area contributed by atoms with E-state index in [2.05, 4.69) is 0 Å². The summed E-state index contributed by atoms with van der Waals surface area (Å²) in [4.78, 5) is 48.4. The number of aliphatic hydroxyl groups is 3. The Morgan fingerprint density at radius 1 is 1.00 bits per heavy atom. The lowest BCUT2D eigenvalue weighted by atomic mass is 9.57. The Labute approximate surface area is 288 Å². The summed E-state index contributed by atoms with van der Waals surface area (Å²) in [5, 5.41) is 35.3. The number of oxazole rings is 1. The van der Waals surface area contributed by atoms with Crippen LogP contribution in [0.4, 0.5) is 5.69 Å². The maximum atomic E-state index is 14.4. The smallest absolute Gasteiger partial charge is 0.255 e. The predicted molar refractivity (Wildman–Crippen MR) is 183 cm³/mol. The average Bonchev–Trinajstić information content (AvgIpc) is 3.46. The van der Waals surface area contributed by atoms with E-state index in [9.17, 15) is 29.7 Å². The van der Waals surface area contributed by atoms with E-state index in [1.54, 1.807) is 26.2 Å². The van der Waals surface area contributed by atoms with E-state index in [4.69, 9.17) is 29.3 Å². The van der Waals surface area contributed by atoms with Gasteiger partial charge in [-0.05, 0) is 65.3 Å². The molecule has 0 spiro atoms. The molecule has 2 unspecified atom stereocenters. The zero-order valence-electron chi connectivity index (χ0n) is 29.1. The van der Waals surface area contributed by atoms with Crippen LogP contribution >= 0.6 is 0 Å². The minimum absolute atomic E-state index is 0.0277. The van der Waals surface area contributed by atoms with Crippen LogP contribution in [-0.4, -0.2) is 102 Å². The van der Waals surface area contributed by atoms with E-state index in [-0.39, 0.29) is 35.5 Å². The van der Waals surface area contributed by atoms with Gasteiger partial charge >= 0.3 is 0 Å². The Kier molecular flexibility index (Phi) is 8.81. The third-order valence-electron chi connectivity index (χ3n) is 9.72. The van der Waals surface area contributed by atoms with Crippen LogP contribution in [0.15, 0.2) is 39.5 Å². The second kappa shape index (κ2) is 12.7. The van der Waals surface area contributed by atoms with Gasteiger partial charge in [-0.25, -0.2) is 4.98 Å². The topological polar surface area (TPSA) is 198 Å². The molecule has 1 amide bonds. The second-order valence-electron chi connectivity index (χ2n) is 13.1. The highest BCUT2D eigenvalue weighted by Crippen LogP contribution is 2.54. The normalized spacial score (nSPS) is 23.2. The molecule has 6 rings (SSSR count). The molecule has 3 aliphatic carbocycles. The summed E-state index contributed by atoms with van der Waals surface area (Å²) < 4.78 is 24.2. The molecule has 3 aliphatic rings. The summed E-state index contributed by atoms with van der Waals surface area (Å²) in [5.74, 6) is -4.96. The van der Waals surface area contributed by atoms with Crippen molar-refractivity contribution in [3.8, 4) is 28.7 Å². The number of aliphatic hydroxyl groups excluding tert-OH is 2. The third-order valence-corrected chi connectivity index (χ3v) is 9.72. The number of anilines is 1. The number of ether oxygens (including phenoxy) is 3. The Morgan fingerprint density at radius 2 is 1.62 bits per heavy atom. The van der Waals surface area contributed by atoms with Crippen LogP contribution in [0.3, 0.4) is 0 Å². The van der Waals surface area contributed by atoms with Crippen molar-refractivity contribution >= 4 is 40.0 Å². The maximum Gasteiger partial charge on any atom is 0.255 e. The summed E-state index contributed by atoms with van der Waals surface area (Å²) >= 11 is 0. The molecule has 266 valence electrons. The number of Topliss-reactive ketones (excluding diaryl/α,β-unsaturated/α-hetero) is 2. The van der Waals surface area contributed by atoms with Gasteiger partial charge in [0.1, 0.15) is 45.4 Å². The van der Waals surface area contributed by atoms with Crippen LogP contribution in [0.1, 0.15) is 38.3 Å². The molecule has 1 fully saturated rings. The minimum Gasteiger partial charge on any atom is -0.508 e. The van der Waals surface area contributed by atoms with Gasteiger partial charge in [0.25, 0.3) is 5.91 Å². The van der Waals surface area contributed by atoms with Gasteiger partial charge in [0, 0.05) is 43.4 Å². The number of benzene rings is 2. The number of carbonyl (C=O) groups excluding carboxylic acids is 3. The number of primary amides is 1. The molecule has 0 saturated heterocycles. The van der Waals surface area contributed by atoms with Crippen molar-refractivity contribution in [1.82, 2.24) is 9.88 Å². The van der Waals surface area contributed by atoms with Crippen molar-refractivity contribution in [2.24, 2.45) is 17.6 Å². The summed E-state index contributed by atoms with van der Waals surface area (Å²) in [7, 11) is 6.83. The molecule has 1 aromatic heterocycles. The number of ketones is 2. The molecule has 4 atom stereocenters. The first-order valence-corrected chi connectivity index (χ1v) is 16.6. The van der Waals surface area contributed by atoms with Crippen molar-refractivity contribution in [2.45, 2.75) is 45.3 Å². The van der Waals surface area contributed by atoms with Crippen LogP contribution in [0, 0.1) is 11.8 Å². The van der Waals surface area contributed by atoms with Crippen molar-refractivity contribution in [3.63, 3.8) is 0 Å². The van der Waals surface area contributed by atoms with Crippen LogP contribution in [-0.2, 0) is 20.8 Å². The van der Waals surface area contributed by atoms with E-state index in [0.29, 0.717) is 59.4 Å². The molecular formula is C36H42N4O10. The quantitative estimate of drug-likeness (QED) is 0.226. The molecule has 14 heteroatoms. The van der Waals surface area contributed by atoms with E-state index in [1.807, 2.05) is 45.8 Å². The van der Waals surface area contributed by atoms with Gasteiger partial charge in [0.2, 0.25) is 11.7 Å². The summed E-state index contributed by atoms with van der Waals surface area (Å²) in [6.07, 6.45) is 0.255. The number of nitrogens with zero attached hydrogens (tertiary/aromatic N) is 3. The van der Waals surface area contributed by atoms with Crippen LogP contribution in [0.5, 0.6) is 17.2 Å². The Morgan fingerprint density at radius 3 is 2.16 bits per heavy atom.